The molecule has 0 aromatic heterocycles. The van der Waals surface area contributed by atoms with Crippen LogP contribution in [0.25, 0.3) is 0 Å². The van der Waals surface area contributed by atoms with E-state index in [0.29, 0.717) is 18.8 Å². The molecule has 0 radical (unpaired) electrons. The molecule has 6 nitrogen and oxygen atoms in total. The Morgan fingerprint density at radius 2 is 1.70 bits per heavy atom. The lowest BCUT2D eigenvalue weighted by atomic mass is 10.1. The number of rotatable bonds is 5. The number of likely N-dealkylation sites (tertiary alicyclic amines) is 1. The summed E-state index contributed by atoms with van der Waals surface area (Å²) in [6, 6.07) is 3.31. The number of carbonyl (C=O) groups excluding carboxylic acids is 3. The highest BCUT2D eigenvalue weighted by Crippen LogP contribution is 2.36. The molecule has 2 fully saturated rings. The molecular weight excluding hydrogens is 363 g/mol. The molecule has 0 bridgehead atoms. The maximum atomic E-state index is 13.0. The zero-order valence-electron chi connectivity index (χ0n) is 14.6. The quantitative estimate of drug-likeness (QED) is 0.794. The number of benzene rings is 1. The van der Waals surface area contributed by atoms with E-state index in [-0.39, 0.29) is 43.3 Å². The lowest BCUT2D eigenvalue weighted by Gasteiger charge is -2.23. The van der Waals surface area contributed by atoms with Gasteiger partial charge in [0.15, 0.2) is 0 Å². The first-order valence-electron chi connectivity index (χ1n) is 8.85. The van der Waals surface area contributed by atoms with E-state index in [0.717, 1.165) is 29.9 Å². The maximum absolute atomic E-state index is 13.0. The Bertz CT molecular complexity index is 742. The highest BCUT2D eigenvalue weighted by atomic mass is 19.4. The summed E-state index contributed by atoms with van der Waals surface area (Å²) in [4.78, 5) is 38.4. The molecule has 1 aromatic carbocycles. The third-order valence-corrected chi connectivity index (χ3v) is 4.76. The van der Waals surface area contributed by atoms with Crippen LogP contribution >= 0.6 is 0 Å². The first-order chi connectivity index (χ1) is 12.8. The topological polar surface area (TPSA) is 69.7 Å². The summed E-state index contributed by atoms with van der Waals surface area (Å²) in [6.07, 6.45) is -2.54. The molecule has 2 saturated heterocycles. The number of nitrogens with zero attached hydrogens (tertiary/aromatic N) is 2. The van der Waals surface area contributed by atoms with Crippen molar-refractivity contribution < 1.29 is 27.6 Å². The average Bonchev–Trinajstić information content (AvgIpc) is 3.23. The largest absolute Gasteiger partial charge is 0.416 e. The fraction of sp³-hybridized carbons (Fsp3) is 0.500. The van der Waals surface area contributed by atoms with Crippen molar-refractivity contribution in [1.29, 1.82) is 0 Å². The van der Waals surface area contributed by atoms with Gasteiger partial charge in [-0.3, -0.25) is 19.3 Å². The molecule has 0 unspecified atom stereocenters. The maximum Gasteiger partial charge on any atom is 0.416 e. The van der Waals surface area contributed by atoms with Crippen LogP contribution < -0.4 is 10.2 Å². The number of amides is 3. The summed E-state index contributed by atoms with van der Waals surface area (Å²) >= 11 is 0. The van der Waals surface area contributed by atoms with Crippen molar-refractivity contribution in [1.82, 2.24) is 4.90 Å². The number of halogens is 3. The fourth-order valence-corrected chi connectivity index (χ4v) is 3.34. The second-order valence-electron chi connectivity index (χ2n) is 6.66. The van der Waals surface area contributed by atoms with Gasteiger partial charge in [0.2, 0.25) is 17.7 Å². The molecule has 2 heterocycles. The third-order valence-electron chi connectivity index (χ3n) is 4.76. The minimum atomic E-state index is -4.52. The summed E-state index contributed by atoms with van der Waals surface area (Å²) in [7, 11) is 0. The van der Waals surface area contributed by atoms with Crippen LogP contribution in [0.1, 0.15) is 37.7 Å². The van der Waals surface area contributed by atoms with Gasteiger partial charge >= 0.3 is 6.18 Å². The van der Waals surface area contributed by atoms with E-state index in [1.165, 1.54) is 6.07 Å². The van der Waals surface area contributed by atoms with Crippen molar-refractivity contribution in [2.45, 2.75) is 38.3 Å². The van der Waals surface area contributed by atoms with E-state index in [9.17, 15) is 27.6 Å². The van der Waals surface area contributed by atoms with E-state index >= 15 is 0 Å². The summed E-state index contributed by atoms with van der Waals surface area (Å²) in [6.45, 7) is 1.36. The Hall–Kier alpha value is -2.58. The standard InChI is InChI=1S/C18H20F3N3O3/c19-18(20,21)12-3-4-14(23-8-1-2-9-23)13(11-12)22-15(25)7-10-24-16(26)5-6-17(24)27/h3-4,11H,1-2,5-10H2,(H,22,25). The van der Waals surface area contributed by atoms with Gasteiger partial charge in [-0.1, -0.05) is 0 Å². The Balaban J connectivity index is 1.73. The number of carbonyl (C=O) groups is 3. The first-order valence-corrected chi connectivity index (χ1v) is 8.85. The number of imide groups is 1. The highest BCUT2D eigenvalue weighted by molar-refractivity contribution is 6.02. The van der Waals surface area contributed by atoms with Crippen LogP contribution in [-0.2, 0) is 20.6 Å². The van der Waals surface area contributed by atoms with Gasteiger partial charge in [0.25, 0.3) is 0 Å². The Morgan fingerprint density at radius 3 is 2.30 bits per heavy atom. The van der Waals surface area contributed by atoms with Crippen LogP contribution in [0, 0.1) is 0 Å². The van der Waals surface area contributed by atoms with E-state index in [1.54, 1.807) is 0 Å². The normalized spacial score (nSPS) is 17.7. The molecule has 3 amide bonds. The lowest BCUT2D eigenvalue weighted by Crippen LogP contribution is -2.32. The number of hydrogen-bond acceptors (Lipinski definition) is 4. The minimum absolute atomic E-state index is 0.0679. The predicted molar refractivity (Wildman–Crippen MR) is 92.1 cm³/mol. The van der Waals surface area contributed by atoms with Gasteiger partial charge in [-0.25, -0.2) is 0 Å². The van der Waals surface area contributed by atoms with Crippen LogP contribution in [-0.4, -0.2) is 42.3 Å². The van der Waals surface area contributed by atoms with Crippen molar-refractivity contribution in [2.75, 3.05) is 29.9 Å². The monoisotopic (exact) mass is 383 g/mol. The molecule has 3 rings (SSSR count). The summed E-state index contributed by atoms with van der Waals surface area (Å²) < 4.78 is 39.1. The SMILES string of the molecule is O=C(CCN1C(=O)CCC1=O)Nc1cc(C(F)(F)F)ccc1N1CCCC1. The smallest absolute Gasteiger partial charge is 0.370 e. The third kappa shape index (κ3) is 4.40. The van der Waals surface area contributed by atoms with Crippen molar-refractivity contribution in [3.63, 3.8) is 0 Å². The van der Waals surface area contributed by atoms with Gasteiger partial charge in [-0.05, 0) is 31.0 Å². The molecule has 0 spiro atoms. The first kappa shape index (κ1) is 19.2. The molecule has 1 N–H and O–H groups in total. The zero-order chi connectivity index (χ0) is 19.6. The number of nitrogens with one attached hydrogen (secondary N) is 1. The van der Waals surface area contributed by atoms with Gasteiger partial charge in [0, 0.05) is 38.9 Å². The molecule has 9 heteroatoms. The highest BCUT2D eigenvalue weighted by Gasteiger charge is 2.32. The van der Waals surface area contributed by atoms with Crippen molar-refractivity contribution in [3.05, 3.63) is 23.8 Å². The van der Waals surface area contributed by atoms with Crippen LogP contribution in [0.2, 0.25) is 0 Å². The molecule has 27 heavy (non-hydrogen) atoms. The number of anilines is 2. The van der Waals surface area contributed by atoms with Gasteiger partial charge in [0.05, 0.1) is 16.9 Å². The van der Waals surface area contributed by atoms with Crippen molar-refractivity contribution in [2.24, 2.45) is 0 Å². The fourth-order valence-electron chi connectivity index (χ4n) is 3.34. The molecule has 2 aliphatic heterocycles. The number of hydrogen-bond donors (Lipinski definition) is 1. The van der Waals surface area contributed by atoms with Gasteiger partial charge in [0.1, 0.15) is 0 Å². The van der Waals surface area contributed by atoms with E-state index in [4.69, 9.17) is 0 Å². The molecular formula is C18H20F3N3O3. The summed E-state index contributed by atoms with van der Waals surface area (Å²) in [5, 5.41) is 2.52. The van der Waals surface area contributed by atoms with Gasteiger partial charge in [-0.2, -0.15) is 13.2 Å². The number of alkyl halides is 3. The van der Waals surface area contributed by atoms with E-state index in [1.807, 2.05) is 4.90 Å². The summed E-state index contributed by atoms with van der Waals surface area (Å²) in [5.74, 6) is -1.20. The Labute approximate surface area is 154 Å². The predicted octanol–water partition coefficient (Wildman–Crippen LogP) is 2.78. The van der Waals surface area contributed by atoms with Gasteiger partial charge < -0.3 is 10.2 Å². The van der Waals surface area contributed by atoms with Crippen LogP contribution in [0.3, 0.4) is 0 Å². The molecule has 146 valence electrons. The second-order valence-corrected chi connectivity index (χ2v) is 6.66. The van der Waals surface area contributed by atoms with Crippen LogP contribution in [0.15, 0.2) is 18.2 Å². The average molecular weight is 383 g/mol. The molecule has 0 saturated carbocycles. The molecule has 0 atom stereocenters. The summed E-state index contributed by atoms with van der Waals surface area (Å²) in [5.41, 5.74) is -0.205. The Kier molecular flexibility index (Phi) is 5.38. The zero-order valence-corrected chi connectivity index (χ0v) is 14.6. The molecule has 0 aliphatic carbocycles. The van der Waals surface area contributed by atoms with E-state index in [2.05, 4.69) is 5.32 Å². The molecule has 1 aromatic rings. The van der Waals surface area contributed by atoms with Crippen LogP contribution in [0.5, 0.6) is 0 Å². The molecule has 2 aliphatic rings. The second kappa shape index (κ2) is 7.58. The van der Waals surface area contributed by atoms with Gasteiger partial charge in [-0.15, -0.1) is 0 Å². The lowest BCUT2D eigenvalue weighted by molar-refractivity contribution is -0.139. The minimum Gasteiger partial charge on any atom is -0.370 e. The van der Waals surface area contributed by atoms with Crippen molar-refractivity contribution in [3.8, 4) is 0 Å². The van der Waals surface area contributed by atoms with Crippen molar-refractivity contribution >= 4 is 29.1 Å². The Morgan fingerprint density at radius 1 is 1.07 bits per heavy atom. The van der Waals surface area contributed by atoms with E-state index < -0.39 is 17.6 Å². The van der Waals surface area contributed by atoms with Crippen LogP contribution in [0.4, 0.5) is 24.5 Å².